The van der Waals surface area contributed by atoms with Crippen LogP contribution in [-0.2, 0) is 20.9 Å². The first-order valence-electron chi connectivity index (χ1n) is 7.67. The molecule has 0 unspecified atom stereocenters. The molecule has 2 aromatic rings. The van der Waals surface area contributed by atoms with Crippen molar-refractivity contribution in [3.05, 3.63) is 60.2 Å². The van der Waals surface area contributed by atoms with Crippen LogP contribution in [0.15, 0.2) is 54.6 Å². The van der Waals surface area contributed by atoms with Gasteiger partial charge in [-0.25, -0.2) is 0 Å². The lowest BCUT2D eigenvalue weighted by atomic mass is 10.1. The van der Waals surface area contributed by atoms with Gasteiger partial charge in [0.15, 0.2) is 0 Å². The lowest BCUT2D eigenvalue weighted by molar-refractivity contribution is -0.132. The number of ether oxygens (including phenoxy) is 2. The first-order chi connectivity index (χ1) is 11.6. The Morgan fingerprint density at radius 2 is 1.71 bits per heavy atom. The summed E-state index contributed by atoms with van der Waals surface area (Å²) >= 11 is 0. The summed E-state index contributed by atoms with van der Waals surface area (Å²) in [4.78, 5) is 24.1. The van der Waals surface area contributed by atoms with E-state index in [2.05, 4.69) is 5.32 Å². The Hall–Kier alpha value is -2.66. The number of carbonyl (C=O) groups is 2. The minimum absolute atomic E-state index is 0.0478. The maximum absolute atomic E-state index is 12.3. The Labute approximate surface area is 141 Å². The van der Waals surface area contributed by atoms with Crippen LogP contribution in [0.4, 0.5) is 5.69 Å². The Balaban J connectivity index is 1.90. The molecule has 0 aliphatic carbocycles. The third-order valence-electron chi connectivity index (χ3n) is 3.56. The van der Waals surface area contributed by atoms with Crippen molar-refractivity contribution in [2.45, 2.75) is 13.5 Å². The first kappa shape index (κ1) is 17.7. The number of rotatable bonds is 8. The van der Waals surface area contributed by atoms with Gasteiger partial charge in [0, 0.05) is 5.69 Å². The molecule has 1 amide bonds. The first-order valence-corrected chi connectivity index (χ1v) is 7.67. The average molecular weight is 327 g/mol. The van der Waals surface area contributed by atoms with E-state index in [9.17, 15) is 9.59 Å². The predicted octanol–water partition coefficient (Wildman–Crippen LogP) is 3.06. The fourth-order valence-electron chi connectivity index (χ4n) is 2.15. The molecule has 0 aromatic heterocycles. The average Bonchev–Trinajstić information content (AvgIpc) is 2.60. The molecule has 2 aromatic carbocycles. The molecule has 5 heteroatoms. The molecular weight excluding hydrogens is 306 g/mol. The molecular formula is C19H21NO4. The topological polar surface area (TPSA) is 64.6 Å². The number of benzene rings is 2. The number of hydrogen-bond acceptors (Lipinski definition) is 4. The second kappa shape index (κ2) is 8.84. The van der Waals surface area contributed by atoms with Crippen LogP contribution in [0.5, 0.6) is 5.75 Å². The number of Topliss-reactive ketones (excluding diaryl/α,β-unsaturated/α-hetero) is 1. The van der Waals surface area contributed by atoms with Gasteiger partial charge in [0.1, 0.15) is 17.5 Å². The zero-order valence-corrected chi connectivity index (χ0v) is 13.8. The van der Waals surface area contributed by atoms with Crippen molar-refractivity contribution < 1.29 is 19.1 Å². The smallest absolute Gasteiger partial charge is 0.237 e. The highest BCUT2D eigenvalue weighted by Crippen LogP contribution is 2.16. The number of ketones is 1. The second-order valence-electron chi connectivity index (χ2n) is 5.38. The zero-order chi connectivity index (χ0) is 17.4. The zero-order valence-electron chi connectivity index (χ0n) is 13.8. The second-order valence-corrected chi connectivity index (χ2v) is 5.38. The molecule has 126 valence electrons. The molecule has 0 spiro atoms. The summed E-state index contributed by atoms with van der Waals surface area (Å²) in [5, 5.41) is 2.73. The molecule has 0 heterocycles. The van der Waals surface area contributed by atoms with E-state index in [1.165, 1.54) is 6.92 Å². The summed E-state index contributed by atoms with van der Waals surface area (Å²) in [6.45, 7) is 1.80. The highest BCUT2D eigenvalue weighted by Gasteiger charge is 2.23. The van der Waals surface area contributed by atoms with Gasteiger partial charge in [-0.1, -0.05) is 30.3 Å². The molecule has 24 heavy (non-hydrogen) atoms. The summed E-state index contributed by atoms with van der Waals surface area (Å²) in [5.41, 5.74) is 1.60. The van der Waals surface area contributed by atoms with Gasteiger partial charge in [-0.2, -0.15) is 0 Å². The van der Waals surface area contributed by atoms with Crippen molar-refractivity contribution in [1.82, 2.24) is 0 Å². The van der Waals surface area contributed by atoms with Crippen LogP contribution in [0.3, 0.4) is 0 Å². The Morgan fingerprint density at radius 1 is 1.04 bits per heavy atom. The van der Waals surface area contributed by atoms with Crippen LogP contribution in [0, 0.1) is 5.92 Å². The predicted molar refractivity (Wildman–Crippen MR) is 91.9 cm³/mol. The lowest BCUT2D eigenvalue weighted by Gasteiger charge is -2.15. The number of anilines is 1. The minimum atomic E-state index is -0.837. The van der Waals surface area contributed by atoms with E-state index in [1.54, 1.807) is 31.4 Å². The molecule has 0 aliphatic heterocycles. The molecule has 5 nitrogen and oxygen atoms in total. The van der Waals surface area contributed by atoms with Crippen molar-refractivity contribution in [2.75, 3.05) is 19.0 Å². The normalized spacial score (nSPS) is 11.6. The van der Waals surface area contributed by atoms with Gasteiger partial charge in [0.05, 0.1) is 20.3 Å². The van der Waals surface area contributed by atoms with Crippen LogP contribution in [0.1, 0.15) is 12.5 Å². The lowest BCUT2D eigenvalue weighted by Crippen LogP contribution is -2.32. The van der Waals surface area contributed by atoms with E-state index >= 15 is 0 Å². The molecule has 0 saturated heterocycles. The van der Waals surface area contributed by atoms with Gasteiger partial charge >= 0.3 is 0 Å². The standard InChI is InChI=1S/C19H21NO4/c1-14(21)18(13-24-12-15-6-4-3-5-7-15)19(22)20-16-8-10-17(23-2)11-9-16/h3-11,18H,12-13H2,1-2H3,(H,20,22)/t18-/m0/s1. The molecule has 0 aliphatic rings. The highest BCUT2D eigenvalue weighted by molar-refractivity contribution is 6.06. The van der Waals surface area contributed by atoms with Crippen molar-refractivity contribution in [1.29, 1.82) is 0 Å². The molecule has 0 saturated carbocycles. The third kappa shape index (κ3) is 5.21. The van der Waals surface area contributed by atoms with Crippen LogP contribution < -0.4 is 10.1 Å². The van der Waals surface area contributed by atoms with Crippen molar-refractivity contribution in [3.63, 3.8) is 0 Å². The highest BCUT2D eigenvalue weighted by atomic mass is 16.5. The summed E-state index contributed by atoms with van der Waals surface area (Å²) in [6.07, 6.45) is 0. The van der Waals surface area contributed by atoms with Gasteiger partial charge in [0.25, 0.3) is 0 Å². The number of amides is 1. The number of nitrogens with one attached hydrogen (secondary N) is 1. The Morgan fingerprint density at radius 3 is 2.29 bits per heavy atom. The van der Waals surface area contributed by atoms with E-state index in [1.807, 2.05) is 30.3 Å². The number of methoxy groups -OCH3 is 1. The van der Waals surface area contributed by atoms with Crippen molar-refractivity contribution in [3.8, 4) is 5.75 Å². The van der Waals surface area contributed by atoms with E-state index in [0.29, 0.717) is 18.0 Å². The largest absolute Gasteiger partial charge is 0.497 e. The fraction of sp³-hybridized carbons (Fsp3) is 0.263. The van der Waals surface area contributed by atoms with Crippen molar-refractivity contribution in [2.24, 2.45) is 5.92 Å². The van der Waals surface area contributed by atoms with Crippen LogP contribution in [0.25, 0.3) is 0 Å². The third-order valence-corrected chi connectivity index (χ3v) is 3.56. The van der Waals surface area contributed by atoms with E-state index < -0.39 is 5.92 Å². The van der Waals surface area contributed by atoms with Gasteiger partial charge < -0.3 is 14.8 Å². The molecule has 0 bridgehead atoms. The summed E-state index contributed by atoms with van der Waals surface area (Å²) in [5.74, 6) is -0.743. The van der Waals surface area contributed by atoms with E-state index in [4.69, 9.17) is 9.47 Å². The van der Waals surface area contributed by atoms with Crippen LogP contribution in [0.2, 0.25) is 0 Å². The number of carbonyl (C=O) groups excluding carboxylic acids is 2. The van der Waals surface area contributed by atoms with E-state index in [0.717, 1.165) is 5.56 Å². The maximum Gasteiger partial charge on any atom is 0.237 e. The van der Waals surface area contributed by atoms with E-state index in [-0.39, 0.29) is 18.3 Å². The van der Waals surface area contributed by atoms with Gasteiger partial charge in [-0.3, -0.25) is 9.59 Å². The summed E-state index contributed by atoms with van der Waals surface area (Å²) < 4.78 is 10.6. The Bertz CT molecular complexity index is 668. The molecule has 0 radical (unpaired) electrons. The SMILES string of the molecule is COc1ccc(NC(=O)[C@@H](COCc2ccccc2)C(C)=O)cc1. The monoisotopic (exact) mass is 327 g/mol. The quantitative estimate of drug-likeness (QED) is 0.757. The van der Waals surface area contributed by atoms with Gasteiger partial charge in [-0.15, -0.1) is 0 Å². The minimum Gasteiger partial charge on any atom is -0.497 e. The summed E-state index contributed by atoms with van der Waals surface area (Å²) in [6, 6.07) is 16.5. The van der Waals surface area contributed by atoms with Gasteiger partial charge in [0.2, 0.25) is 5.91 Å². The maximum atomic E-state index is 12.3. The fourth-order valence-corrected chi connectivity index (χ4v) is 2.15. The van der Waals surface area contributed by atoms with Gasteiger partial charge in [-0.05, 0) is 36.8 Å². The summed E-state index contributed by atoms with van der Waals surface area (Å²) in [7, 11) is 1.57. The van der Waals surface area contributed by atoms with Crippen LogP contribution >= 0.6 is 0 Å². The molecule has 1 N–H and O–H groups in total. The van der Waals surface area contributed by atoms with Crippen LogP contribution in [-0.4, -0.2) is 25.4 Å². The molecule has 0 fully saturated rings. The molecule has 1 atom stereocenters. The Kier molecular flexibility index (Phi) is 6.51. The molecule has 2 rings (SSSR count). The van der Waals surface area contributed by atoms with Crippen molar-refractivity contribution >= 4 is 17.4 Å². The number of hydrogen-bond donors (Lipinski definition) is 1.